The Kier molecular flexibility index (Phi) is 19.5. The molecule has 10 rings (SSSR count). The van der Waals surface area contributed by atoms with Crippen LogP contribution in [0.15, 0.2) is 139 Å². The second kappa shape index (κ2) is 27.4. The highest BCUT2D eigenvalue weighted by Crippen LogP contribution is 2.48. The largest absolute Gasteiger partial charge is 0.504 e. The third-order valence-corrected chi connectivity index (χ3v) is 18.3. The molecular formula is C71H84N4O7. The lowest BCUT2D eigenvalue weighted by molar-refractivity contribution is -0.130. The van der Waals surface area contributed by atoms with Crippen molar-refractivity contribution in [2.75, 3.05) is 38.7 Å². The number of phenolic OH excluding ortho intramolecular Hbond substituents is 1. The maximum atomic E-state index is 15.4. The number of aliphatic hydroxyl groups is 3. The SMILES string of the molecule is CCC[C@@H]1[C@H]2C[C@H](C[C@@H]3C#C[C@@H](c4ccccc4)c4c(cc(OC)c(O)c4CCc4ccccc4)CCC(=O)CC(=O)[C@H]3C2)[C@H](CCCO)C2=CCNC(=C2)Nc2ccc3ccc(cc3c2)C[C@@H](O)CNC[C@@H](C)c2c[nH]c(c2)C[C@@H]1O. The topological polar surface area (TPSA) is 176 Å². The third kappa shape index (κ3) is 14.1. The summed E-state index contributed by atoms with van der Waals surface area (Å²) in [6.45, 7) is 6.10. The minimum Gasteiger partial charge on any atom is -0.504 e. The molecule has 1 fully saturated rings. The summed E-state index contributed by atoms with van der Waals surface area (Å²) in [5, 5.41) is 59.8. The van der Waals surface area contributed by atoms with Gasteiger partial charge in [0.25, 0.3) is 0 Å². The van der Waals surface area contributed by atoms with Crippen LogP contribution in [-0.4, -0.2) is 82.5 Å². The molecule has 1 saturated carbocycles. The molecule has 430 valence electrons. The summed E-state index contributed by atoms with van der Waals surface area (Å²) in [7, 11) is 1.56. The van der Waals surface area contributed by atoms with E-state index in [1.54, 1.807) is 7.11 Å². The highest BCUT2D eigenvalue weighted by atomic mass is 16.5. The van der Waals surface area contributed by atoms with Gasteiger partial charge in [-0.1, -0.05) is 123 Å². The first kappa shape index (κ1) is 58.3. The summed E-state index contributed by atoms with van der Waals surface area (Å²) < 4.78 is 5.85. The molecule has 0 radical (unpaired) electrons. The highest BCUT2D eigenvalue weighted by molar-refractivity contribution is 6.00. The smallest absolute Gasteiger partial charge is 0.161 e. The number of aryl methyl sites for hydroxylation is 2. The fourth-order valence-electron chi connectivity index (χ4n) is 14.0. The Morgan fingerprint density at radius 3 is 2.39 bits per heavy atom. The first-order chi connectivity index (χ1) is 39.9. The number of benzene rings is 5. The summed E-state index contributed by atoms with van der Waals surface area (Å²) in [6.07, 6.45) is 12.3. The monoisotopic (exact) mass is 1100 g/mol. The number of dihydropyridines is 1. The molecule has 0 unspecified atom stereocenters. The molecule has 9 bridgehead atoms. The Balaban J connectivity index is 1.11. The molecule has 0 saturated heterocycles. The Morgan fingerprint density at radius 2 is 1.60 bits per heavy atom. The molecule has 4 aliphatic rings. The normalized spacial score (nSPS) is 25.6. The van der Waals surface area contributed by atoms with Gasteiger partial charge in [-0.25, -0.2) is 0 Å². The number of phenols is 1. The van der Waals surface area contributed by atoms with Crippen LogP contribution in [0, 0.1) is 47.3 Å². The number of ketones is 2. The summed E-state index contributed by atoms with van der Waals surface area (Å²) in [6, 6.07) is 37.3. The van der Waals surface area contributed by atoms with Crippen LogP contribution in [0.4, 0.5) is 5.69 Å². The van der Waals surface area contributed by atoms with Gasteiger partial charge in [0.05, 0.1) is 31.7 Å². The fourth-order valence-corrected chi connectivity index (χ4v) is 14.0. The van der Waals surface area contributed by atoms with Crippen molar-refractivity contribution < 1.29 is 34.8 Å². The lowest BCUT2D eigenvalue weighted by Gasteiger charge is -2.36. The average molecular weight is 1110 g/mol. The lowest BCUT2D eigenvalue weighted by Crippen LogP contribution is -2.34. The van der Waals surface area contributed by atoms with E-state index in [2.05, 4.69) is 126 Å². The fraction of sp³-hybridized carbons (Fsp3) is 0.437. The number of hydrogen-bond acceptors (Lipinski definition) is 10. The van der Waals surface area contributed by atoms with Gasteiger partial charge in [-0.2, -0.15) is 0 Å². The van der Waals surface area contributed by atoms with Gasteiger partial charge in [-0.15, -0.1) is 0 Å². The van der Waals surface area contributed by atoms with Crippen molar-refractivity contribution in [1.29, 1.82) is 0 Å². The number of carbonyl (C=O) groups excluding carboxylic acids is 2. The van der Waals surface area contributed by atoms with Crippen molar-refractivity contribution in [3.63, 3.8) is 0 Å². The zero-order chi connectivity index (χ0) is 57.1. The second-order valence-electron chi connectivity index (χ2n) is 24.0. The van der Waals surface area contributed by atoms with Crippen molar-refractivity contribution in [1.82, 2.24) is 15.6 Å². The first-order valence-corrected chi connectivity index (χ1v) is 30.3. The number of fused-ring (bicyclic) bond motifs is 9. The van der Waals surface area contributed by atoms with E-state index in [9.17, 15) is 25.2 Å². The summed E-state index contributed by atoms with van der Waals surface area (Å²) >= 11 is 0. The van der Waals surface area contributed by atoms with Crippen LogP contribution in [-0.2, 0) is 41.7 Å². The number of nitrogens with one attached hydrogen (secondary N) is 4. The molecular weight excluding hydrogens is 1020 g/mol. The molecule has 11 nitrogen and oxygen atoms in total. The number of methoxy groups -OCH3 is 1. The van der Waals surface area contributed by atoms with Crippen LogP contribution in [0.5, 0.6) is 11.5 Å². The number of rotatable bonds is 10. The number of allylic oxidation sites excluding steroid dienone is 2. The van der Waals surface area contributed by atoms with Crippen molar-refractivity contribution in [3.8, 4) is 23.3 Å². The van der Waals surface area contributed by atoms with Gasteiger partial charge in [0, 0.05) is 74.1 Å². The molecule has 2 aliphatic carbocycles. The van der Waals surface area contributed by atoms with E-state index in [1.807, 2.05) is 48.7 Å². The standard InChI is InChI=1S/C71H84N4O7/c1-4-12-62-55-34-54(33-50-23-27-63(49-15-9-6-10-16-49)70-52(22-25-59(77)41-67(80)65(50)37-55)38-68(82-3)71(81)64(70)26-19-46-13-7-5-8-14-46)61(17-11-30-76)51-28-29-73-69(39-51)75-57-24-21-48-20-18-47(31-53(48)35-57)32-60(78)44-72-42-45(2)56-36-58(74-43-56)40-66(62)79/h5-10,13-16,18,20-21,24,28,31,35-36,38-39,43,45,50,54-55,60-63,65-66,72-76,78-79,81H,4,11-12,17,19,22,25-26,29-30,32-34,37,40-42,44H2,1-3H3/t45-,50+,54+,55+,60-,61-,62-,63+,65+,66+/m1/s1. The number of aromatic amines is 1. The number of aliphatic hydroxyl groups excluding tert-OH is 3. The van der Waals surface area contributed by atoms with Crippen LogP contribution in [0.2, 0.25) is 0 Å². The number of aromatic hydroxyl groups is 1. The molecule has 8 N–H and O–H groups in total. The third-order valence-electron chi connectivity index (χ3n) is 18.3. The maximum Gasteiger partial charge on any atom is 0.161 e. The summed E-state index contributed by atoms with van der Waals surface area (Å²) in [4.78, 5) is 33.4. The average Bonchev–Trinajstić information content (AvgIpc) is 3.34. The molecule has 0 spiro atoms. The molecule has 3 heterocycles. The number of ether oxygens (including phenoxy) is 1. The van der Waals surface area contributed by atoms with Crippen LogP contribution < -0.4 is 20.7 Å². The predicted molar refractivity (Wildman–Crippen MR) is 327 cm³/mol. The quantitative estimate of drug-likeness (QED) is 0.0487. The number of hydrogen-bond donors (Lipinski definition) is 8. The zero-order valence-electron chi connectivity index (χ0n) is 48.1. The van der Waals surface area contributed by atoms with Crippen LogP contribution in [0.1, 0.15) is 128 Å². The molecule has 6 aromatic rings. The van der Waals surface area contributed by atoms with Crippen molar-refractivity contribution in [3.05, 3.63) is 184 Å². The summed E-state index contributed by atoms with van der Waals surface area (Å²) in [5.41, 5.74) is 9.82. The van der Waals surface area contributed by atoms with E-state index < -0.39 is 30.0 Å². The Morgan fingerprint density at radius 1 is 0.793 bits per heavy atom. The number of carbonyl (C=O) groups is 2. The lowest BCUT2D eigenvalue weighted by atomic mass is 9.71. The number of anilines is 1. The van der Waals surface area contributed by atoms with Gasteiger partial charge in [-0.05, 0) is 174 Å². The molecule has 1 aromatic heterocycles. The Labute approximate surface area is 485 Å². The molecule has 0 amide bonds. The van der Waals surface area contributed by atoms with E-state index in [1.165, 1.54) is 0 Å². The molecule has 82 heavy (non-hydrogen) atoms. The predicted octanol–water partition coefficient (Wildman–Crippen LogP) is 11.4. The minimum absolute atomic E-state index is 0.0165. The van der Waals surface area contributed by atoms with Gasteiger partial charge in [0.1, 0.15) is 17.4 Å². The molecule has 2 aliphatic heterocycles. The van der Waals surface area contributed by atoms with Gasteiger partial charge in [-0.3, -0.25) is 9.59 Å². The van der Waals surface area contributed by atoms with Gasteiger partial charge < -0.3 is 46.1 Å². The van der Waals surface area contributed by atoms with E-state index in [0.717, 1.165) is 91.8 Å². The van der Waals surface area contributed by atoms with Crippen molar-refractivity contribution in [2.45, 2.75) is 128 Å². The van der Waals surface area contributed by atoms with E-state index in [0.29, 0.717) is 83.2 Å². The summed E-state index contributed by atoms with van der Waals surface area (Å²) in [5.74, 6) is 7.11. The van der Waals surface area contributed by atoms with Crippen LogP contribution in [0.25, 0.3) is 10.8 Å². The number of H-pyrrole nitrogens is 1. The van der Waals surface area contributed by atoms with Gasteiger partial charge in [0.15, 0.2) is 11.5 Å². The van der Waals surface area contributed by atoms with Crippen LogP contribution in [0.3, 0.4) is 0 Å². The van der Waals surface area contributed by atoms with E-state index in [4.69, 9.17) is 4.74 Å². The Hall–Kier alpha value is -6.94. The first-order valence-electron chi connectivity index (χ1n) is 30.3. The molecule has 11 heteroatoms. The number of Topliss-reactive ketones (excluding diaryl/α,β-unsaturated/α-hetero) is 2. The van der Waals surface area contributed by atoms with Crippen LogP contribution >= 0.6 is 0 Å². The molecule has 5 aromatic carbocycles. The van der Waals surface area contributed by atoms with E-state index >= 15 is 4.79 Å². The van der Waals surface area contributed by atoms with Crippen molar-refractivity contribution >= 4 is 28.0 Å². The van der Waals surface area contributed by atoms with Crippen molar-refractivity contribution in [2.24, 2.45) is 35.5 Å². The highest BCUT2D eigenvalue weighted by Gasteiger charge is 2.43. The zero-order valence-corrected chi connectivity index (χ0v) is 48.1. The molecule has 10 atom stereocenters. The van der Waals surface area contributed by atoms with E-state index in [-0.39, 0.29) is 66.4 Å². The Bertz CT molecular complexity index is 3280. The van der Waals surface area contributed by atoms with Gasteiger partial charge >= 0.3 is 0 Å². The number of β-amino-alcohol motifs (C(OH)–C–C–N with tert-alkyl or cyclic N) is 1. The minimum atomic E-state index is -0.724. The second-order valence-corrected chi connectivity index (χ2v) is 24.0. The number of aromatic nitrogens is 1. The maximum absolute atomic E-state index is 15.4. The van der Waals surface area contributed by atoms with Gasteiger partial charge in [0.2, 0.25) is 0 Å².